The molecule has 4 nitrogen and oxygen atoms in total. The third-order valence-electron chi connectivity index (χ3n) is 7.18. The second kappa shape index (κ2) is 8.87. The molecular formula is C29H25F3N2O2S. The van der Waals surface area contributed by atoms with Crippen molar-refractivity contribution in [1.29, 1.82) is 0 Å². The van der Waals surface area contributed by atoms with Crippen molar-refractivity contribution in [2.75, 3.05) is 4.31 Å². The molecular weight excluding hydrogens is 497 g/mol. The Labute approximate surface area is 213 Å². The molecule has 1 heterocycles. The summed E-state index contributed by atoms with van der Waals surface area (Å²) in [6.45, 7) is -0.242. The SMILES string of the molecule is O=S(=O)(c1ccccc1)N(Cc1ccc(C(F)(F)C2CC2)c(F)c1)c1ncc2ccccc2c1C1CC1. The van der Waals surface area contributed by atoms with Gasteiger partial charge in [-0.25, -0.2) is 30.9 Å². The van der Waals surface area contributed by atoms with Gasteiger partial charge in [-0.2, -0.15) is 0 Å². The summed E-state index contributed by atoms with van der Waals surface area (Å²) in [5, 5.41) is 1.83. The quantitative estimate of drug-likeness (QED) is 0.247. The van der Waals surface area contributed by atoms with Crippen molar-refractivity contribution in [3.05, 3.63) is 102 Å². The summed E-state index contributed by atoms with van der Waals surface area (Å²) < 4.78 is 73.3. The lowest BCUT2D eigenvalue weighted by atomic mass is 10.0. The van der Waals surface area contributed by atoms with Crippen molar-refractivity contribution < 1.29 is 21.6 Å². The molecule has 0 saturated heterocycles. The van der Waals surface area contributed by atoms with Crippen LogP contribution in [0.3, 0.4) is 0 Å². The van der Waals surface area contributed by atoms with Gasteiger partial charge in [-0.05, 0) is 66.8 Å². The lowest BCUT2D eigenvalue weighted by Crippen LogP contribution is -2.32. The third-order valence-corrected chi connectivity index (χ3v) is 8.93. The van der Waals surface area contributed by atoms with Gasteiger partial charge in [0, 0.05) is 23.1 Å². The molecule has 0 radical (unpaired) electrons. The molecule has 0 aliphatic heterocycles. The van der Waals surface area contributed by atoms with Crippen LogP contribution < -0.4 is 4.31 Å². The molecule has 0 bridgehead atoms. The summed E-state index contributed by atoms with van der Waals surface area (Å²) >= 11 is 0. The second-order valence-corrected chi connectivity index (χ2v) is 11.8. The summed E-state index contributed by atoms with van der Waals surface area (Å²) in [6, 6.07) is 19.2. The van der Waals surface area contributed by atoms with Crippen LogP contribution in [0.2, 0.25) is 0 Å². The van der Waals surface area contributed by atoms with E-state index in [1.165, 1.54) is 22.5 Å². The number of alkyl halides is 2. The van der Waals surface area contributed by atoms with Gasteiger partial charge in [-0.15, -0.1) is 0 Å². The fraction of sp³-hybridized carbons (Fsp3) is 0.276. The molecule has 0 amide bonds. The Hall–Kier alpha value is -3.39. The van der Waals surface area contributed by atoms with Gasteiger partial charge in [0.15, 0.2) is 0 Å². The second-order valence-electron chi connectivity index (χ2n) is 9.89. The van der Waals surface area contributed by atoms with E-state index in [1.807, 2.05) is 24.3 Å². The number of rotatable bonds is 8. The largest absolute Gasteiger partial charge is 0.278 e. The zero-order chi connectivity index (χ0) is 25.8. The maximum Gasteiger partial charge on any atom is 0.278 e. The number of aromatic nitrogens is 1. The molecule has 1 aromatic heterocycles. The van der Waals surface area contributed by atoms with E-state index in [2.05, 4.69) is 4.98 Å². The molecule has 2 aliphatic carbocycles. The number of hydrogen-bond acceptors (Lipinski definition) is 3. The molecule has 2 saturated carbocycles. The highest BCUT2D eigenvalue weighted by atomic mass is 32.2. The summed E-state index contributed by atoms with van der Waals surface area (Å²) in [5.41, 5.74) is 0.470. The fourth-order valence-electron chi connectivity index (χ4n) is 4.90. The summed E-state index contributed by atoms with van der Waals surface area (Å²) in [7, 11) is -4.10. The van der Waals surface area contributed by atoms with Crippen LogP contribution in [-0.2, 0) is 22.5 Å². The molecule has 0 unspecified atom stereocenters. The summed E-state index contributed by atoms with van der Waals surface area (Å²) in [6.07, 6.45) is 4.22. The third kappa shape index (κ3) is 4.37. The van der Waals surface area contributed by atoms with Crippen LogP contribution in [0.25, 0.3) is 10.8 Å². The van der Waals surface area contributed by atoms with E-state index in [1.54, 1.807) is 24.4 Å². The van der Waals surface area contributed by atoms with Gasteiger partial charge in [0.2, 0.25) is 0 Å². The van der Waals surface area contributed by atoms with E-state index in [-0.39, 0.29) is 28.7 Å². The normalized spacial score (nSPS) is 16.2. The van der Waals surface area contributed by atoms with E-state index in [4.69, 9.17) is 0 Å². The average molecular weight is 523 g/mol. The van der Waals surface area contributed by atoms with Crippen LogP contribution in [0.4, 0.5) is 19.0 Å². The number of nitrogens with zero attached hydrogens (tertiary/aromatic N) is 2. The van der Waals surface area contributed by atoms with Crippen molar-refractivity contribution in [3.8, 4) is 0 Å². The Morgan fingerprint density at radius 3 is 2.30 bits per heavy atom. The van der Waals surface area contributed by atoms with Gasteiger partial charge in [-0.1, -0.05) is 48.5 Å². The van der Waals surface area contributed by atoms with Gasteiger partial charge >= 0.3 is 0 Å². The Morgan fingerprint density at radius 1 is 0.919 bits per heavy atom. The van der Waals surface area contributed by atoms with Crippen molar-refractivity contribution in [2.45, 2.75) is 49.0 Å². The van der Waals surface area contributed by atoms with Crippen molar-refractivity contribution in [1.82, 2.24) is 4.98 Å². The molecule has 0 N–H and O–H groups in total. The first kappa shape index (κ1) is 24.0. The maximum atomic E-state index is 15.0. The molecule has 0 atom stereocenters. The Bertz CT molecular complexity index is 1580. The monoisotopic (exact) mass is 522 g/mol. The molecule has 6 rings (SSSR count). The molecule has 2 fully saturated rings. The van der Waals surface area contributed by atoms with Gasteiger partial charge in [-0.3, -0.25) is 0 Å². The van der Waals surface area contributed by atoms with Gasteiger partial charge in [0.1, 0.15) is 11.6 Å². The zero-order valence-corrected chi connectivity index (χ0v) is 20.8. The number of sulfonamides is 1. The van der Waals surface area contributed by atoms with Crippen LogP contribution in [0.1, 0.15) is 48.3 Å². The highest BCUT2D eigenvalue weighted by Crippen LogP contribution is 2.51. The van der Waals surface area contributed by atoms with Crippen molar-refractivity contribution >= 4 is 26.6 Å². The zero-order valence-electron chi connectivity index (χ0n) is 19.9. The first-order valence-corrected chi connectivity index (χ1v) is 13.8. The lowest BCUT2D eigenvalue weighted by Gasteiger charge is -2.27. The smallest absolute Gasteiger partial charge is 0.245 e. The number of pyridine rings is 1. The van der Waals surface area contributed by atoms with Crippen molar-refractivity contribution in [2.24, 2.45) is 5.92 Å². The van der Waals surface area contributed by atoms with E-state index in [9.17, 15) is 21.6 Å². The number of anilines is 1. The first-order chi connectivity index (χ1) is 17.8. The van der Waals surface area contributed by atoms with Crippen molar-refractivity contribution in [3.63, 3.8) is 0 Å². The molecule has 8 heteroatoms. The van der Waals surface area contributed by atoms with Crippen LogP contribution in [0.15, 0.2) is 83.9 Å². The fourth-order valence-corrected chi connectivity index (χ4v) is 6.35. The molecule has 0 spiro atoms. The predicted molar refractivity (Wildman–Crippen MR) is 137 cm³/mol. The predicted octanol–water partition coefficient (Wildman–Crippen LogP) is 7.15. The Balaban J connectivity index is 1.48. The highest BCUT2D eigenvalue weighted by Gasteiger charge is 2.49. The van der Waals surface area contributed by atoms with Crippen LogP contribution in [0.5, 0.6) is 0 Å². The molecule has 190 valence electrons. The van der Waals surface area contributed by atoms with Gasteiger partial charge in [0.05, 0.1) is 17.0 Å². The van der Waals surface area contributed by atoms with E-state index in [0.717, 1.165) is 41.3 Å². The highest BCUT2D eigenvalue weighted by molar-refractivity contribution is 7.92. The minimum Gasteiger partial charge on any atom is -0.245 e. The van der Waals surface area contributed by atoms with Gasteiger partial charge < -0.3 is 0 Å². The van der Waals surface area contributed by atoms with E-state index in [0.29, 0.717) is 12.8 Å². The van der Waals surface area contributed by atoms with Crippen LogP contribution in [-0.4, -0.2) is 13.4 Å². The molecule has 4 aromatic rings. The van der Waals surface area contributed by atoms with E-state index >= 15 is 0 Å². The Morgan fingerprint density at radius 2 is 1.62 bits per heavy atom. The van der Waals surface area contributed by atoms with Crippen LogP contribution in [0, 0.1) is 11.7 Å². The number of fused-ring (bicyclic) bond motifs is 1. The standard InChI is InChI=1S/C29H25F3N2O2S/c30-26-16-19(10-15-25(26)29(31,32)22-13-14-22)18-34(37(35,36)23-7-2-1-3-8-23)28-27(20-11-12-20)24-9-5-4-6-21(24)17-33-28/h1-10,15-17,20,22H,11-14,18H2. The molecule has 2 aliphatic rings. The number of hydrogen-bond donors (Lipinski definition) is 0. The Kier molecular flexibility index (Phi) is 5.75. The minimum atomic E-state index is -4.10. The summed E-state index contributed by atoms with van der Waals surface area (Å²) in [5.74, 6) is -4.65. The molecule has 37 heavy (non-hydrogen) atoms. The minimum absolute atomic E-state index is 0.0732. The average Bonchev–Trinajstić information content (AvgIpc) is 3.80. The lowest BCUT2D eigenvalue weighted by molar-refractivity contribution is -0.0318. The topological polar surface area (TPSA) is 50.3 Å². The molecule has 3 aromatic carbocycles. The first-order valence-electron chi connectivity index (χ1n) is 12.4. The number of benzene rings is 3. The number of halogens is 3. The summed E-state index contributed by atoms with van der Waals surface area (Å²) in [4.78, 5) is 4.67. The maximum absolute atomic E-state index is 15.0. The van der Waals surface area contributed by atoms with Gasteiger partial charge in [0.25, 0.3) is 15.9 Å². The van der Waals surface area contributed by atoms with Crippen LogP contribution >= 0.6 is 0 Å². The van der Waals surface area contributed by atoms with E-state index < -0.39 is 33.2 Å².